The van der Waals surface area contributed by atoms with E-state index in [1.165, 1.54) is 0 Å². The van der Waals surface area contributed by atoms with Gasteiger partial charge in [0.15, 0.2) is 0 Å². The molecule has 1 aliphatic rings. The van der Waals surface area contributed by atoms with Gasteiger partial charge in [0.2, 0.25) is 0 Å². The molecule has 0 saturated carbocycles. The van der Waals surface area contributed by atoms with E-state index in [1.54, 1.807) is 0 Å². The zero-order chi connectivity index (χ0) is 10.3. The summed E-state index contributed by atoms with van der Waals surface area (Å²) >= 11 is 0. The first-order valence-electron chi connectivity index (χ1n) is 5.04. The van der Waals surface area contributed by atoms with Crippen LogP contribution in [0.25, 0.3) is 0 Å². The molecule has 0 amide bonds. The minimum absolute atomic E-state index is 0.0509. The predicted octanol–water partition coefficient (Wildman–Crippen LogP) is 1.11. The molecule has 0 aromatic carbocycles. The number of nitrogens with zero attached hydrogens (tertiary/aromatic N) is 1. The predicted molar refractivity (Wildman–Crippen MR) is 54.9 cm³/mol. The molecule has 0 unspecified atom stereocenters. The molecule has 0 aromatic heterocycles. The summed E-state index contributed by atoms with van der Waals surface area (Å²) in [6.07, 6.45) is 1.30. The smallest absolute Gasteiger partial charge is 0.0679 e. The molecule has 80 valence electrons. The third-order valence-electron chi connectivity index (χ3n) is 1.87. The molecule has 1 aliphatic heterocycles. The lowest BCUT2D eigenvalue weighted by molar-refractivity contribution is 0.0899. The van der Waals surface area contributed by atoms with Crippen LogP contribution in [-0.4, -0.2) is 49.0 Å². The Labute approximate surface area is 81.7 Å². The number of rotatable bonds is 2. The van der Waals surface area contributed by atoms with E-state index in [2.05, 4.69) is 4.90 Å². The van der Waals surface area contributed by atoms with E-state index < -0.39 is 0 Å². The van der Waals surface area contributed by atoms with Gasteiger partial charge >= 0.3 is 0 Å². The van der Waals surface area contributed by atoms with E-state index in [0.29, 0.717) is 6.10 Å². The van der Waals surface area contributed by atoms with Crippen LogP contribution in [0.2, 0.25) is 0 Å². The van der Waals surface area contributed by atoms with Gasteiger partial charge < -0.3 is 14.7 Å². The number of aliphatic hydroxyl groups excluding tert-OH is 1. The van der Waals surface area contributed by atoms with Gasteiger partial charge in [-0.1, -0.05) is 0 Å². The van der Waals surface area contributed by atoms with Crippen LogP contribution in [0.5, 0.6) is 0 Å². The van der Waals surface area contributed by atoms with Crippen LogP contribution in [0.3, 0.4) is 0 Å². The molecule has 0 aliphatic carbocycles. The first kappa shape index (κ1) is 12.9. The monoisotopic (exact) mass is 189 g/mol. The number of ether oxygens (including phenoxy) is 1. The first-order chi connectivity index (χ1) is 6.06. The fourth-order valence-electron chi connectivity index (χ4n) is 1.25. The van der Waals surface area contributed by atoms with Crippen LogP contribution in [0, 0.1) is 0 Å². The highest BCUT2D eigenvalue weighted by Crippen LogP contribution is 2.03. The maximum atomic E-state index is 8.86. The summed E-state index contributed by atoms with van der Waals surface area (Å²) in [5, 5.41) is 8.86. The second-order valence-electron chi connectivity index (χ2n) is 3.71. The van der Waals surface area contributed by atoms with E-state index in [9.17, 15) is 0 Å². The zero-order valence-corrected chi connectivity index (χ0v) is 9.29. The Hall–Kier alpha value is -0.120. The summed E-state index contributed by atoms with van der Waals surface area (Å²) in [6, 6.07) is 0. The summed E-state index contributed by atoms with van der Waals surface area (Å²) in [7, 11) is 2.02. The minimum atomic E-state index is -0.0509. The van der Waals surface area contributed by atoms with Crippen LogP contribution >= 0.6 is 0 Å². The fourth-order valence-corrected chi connectivity index (χ4v) is 1.25. The maximum Gasteiger partial charge on any atom is 0.0679 e. The molecule has 1 fully saturated rings. The summed E-state index contributed by atoms with van der Waals surface area (Å²) in [4.78, 5) is 2.13. The lowest BCUT2D eigenvalue weighted by Crippen LogP contribution is -2.15. The molecule has 0 spiro atoms. The largest absolute Gasteiger partial charge is 0.392 e. The van der Waals surface area contributed by atoms with Crippen molar-refractivity contribution in [1.29, 1.82) is 0 Å². The summed E-state index contributed by atoms with van der Waals surface area (Å²) in [6.45, 7) is 8.81. The SMILES string of the molecule is CCOC(C)C.CN1CC[C@H](O)C1. The molecular formula is C10H23NO2. The van der Waals surface area contributed by atoms with Gasteiger partial charge in [-0.25, -0.2) is 0 Å². The van der Waals surface area contributed by atoms with Gasteiger partial charge in [-0.15, -0.1) is 0 Å². The summed E-state index contributed by atoms with van der Waals surface area (Å²) in [5.41, 5.74) is 0. The number of likely N-dealkylation sites (tertiary alicyclic amines) is 1. The molecule has 3 heteroatoms. The van der Waals surface area contributed by atoms with Crippen molar-refractivity contribution in [3.63, 3.8) is 0 Å². The van der Waals surface area contributed by atoms with Crippen molar-refractivity contribution in [3.8, 4) is 0 Å². The Bertz CT molecular complexity index is 109. The molecule has 13 heavy (non-hydrogen) atoms. The lowest BCUT2D eigenvalue weighted by Gasteiger charge is -2.02. The van der Waals surface area contributed by atoms with Crippen molar-refractivity contribution >= 4 is 0 Å². The van der Waals surface area contributed by atoms with Gasteiger partial charge in [0.1, 0.15) is 0 Å². The van der Waals surface area contributed by atoms with Crippen LogP contribution in [0.1, 0.15) is 27.2 Å². The summed E-state index contributed by atoms with van der Waals surface area (Å²) in [5.74, 6) is 0. The van der Waals surface area contributed by atoms with Crippen LogP contribution in [0.15, 0.2) is 0 Å². The highest BCUT2D eigenvalue weighted by molar-refractivity contribution is 4.70. The average molecular weight is 189 g/mol. The van der Waals surface area contributed by atoms with Crippen molar-refractivity contribution in [2.24, 2.45) is 0 Å². The first-order valence-corrected chi connectivity index (χ1v) is 5.04. The highest BCUT2D eigenvalue weighted by atomic mass is 16.5. The van der Waals surface area contributed by atoms with Crippen molar-refractivity contribution in [2.75, 3.05) is 26.7 Å². The van der Waals surface area contributed by atoms with E-state index in [0.717, 1.165) is 26.1 Å². The standard InChI is InChI=1S/C5H11NO.C5H12O/c1-6-3-2-5(7)4-6;1-4-6-5(2)3/h5,7H,2-4H2,1H3;5H,4H2,1-3H3/t5-;/m0./s1. The second kappa shape index (κ2) is 7.30. The van der Waals surface area contributed by atoms with E-state index >= 15 is 0 Å². The topological polar surface area (TPSA) is 32.7 Å². The summed E-state index contributed by atoms with van der Waals surface area (Å²) < 4.78 is 5.04. The number of hydrogen-bond acceptors (Lipinski definition) is 3. The number of hydrogen-bond donors (Lipinski definition) is 1. The van der Waals surface area contributed by atoms with Gasteiger partial charge in [-0.05, 0) is 34.2 Å². The van der Waals surface area contributed by atoms with Crippen LogP contribution < -0.4 is 0 Å². The van der Waals surface area contributed by atoms with Gasteiger partial charge in [-0.3, -0.25) is 0 Å². The molecule has 1 rings (SSSR count). The lowest BCUT2D eigenvalue weighted by atomic mass is 10.3. The van der Waals surface area contributed by atoms with Gasteiger partial charge in [0, 0.05) is 19.7 Å². The van der Waals surface area contributed by atoms with Crippen molar-refractivity contribution in [1.82, 2.24) is 4.90 Å². The quantitative estimate of drug-likeness (QED) is 0.706. The normalized spacial score (nSPS) is 23.1. The van der Waals surface area contributed by atoms with E-state index in [1.807, 2.05) is 27.8 Å². The minimum Gasteiger partial charge on any atom is -0.392 e. The molecule has 1 saturated heterocycles. The highest BCUT2D eigenvalue weighted by Gasteiger charge is 2.15. The molecule has 0 radical (unpaired) electrons. The average Bonchev–Trinajstić information content (AvgIpc) is 2.35. The third-order valence-corrected chi connectivity index (χ3v) is 1.87. The molecule has 1 heterocycles. The van der Waals surface area contributed by atoms with Gasteiger partial charge in [0.25, 0.3) is 0 Å². The zero-order valence-electron chi connectivity index (χ0n) is 9.29. The van der Waals surface area contributed by atoms with Gasteiger partial charge in [-0.2, -0.15) is 0 Å². The Morgan fingerprint density at radius 2 is 2.15 bits per heavy atom. The van der Waals surface area contributed by atoms with Crippen molar-refractivity contribution in [3.05, 3.63) is 0 Å². The van der Waals surface area contributed by atoms with E-state index in [-0.39, 0.29) is 6.10 Å². The number of β-amino-alcohol motifs (C(OH)–C–C–N with tert-alkyl or cyclic N) is 1. The van der Waals surface area contributed by atoms with Crippen LogP contribution in [-0.2, 0) is 4.74 Å². The molecule has 1 atom stereocenters. The van der Waals surface area contributed by atoms with Crippen LogP contribution in [0.4, 0.5) is 0 Å². The Kier molecular flexibility index (Phi) is 7.23. The van der Waals surface area contributed by atoms with Crippen molar-refractivity contribution in [2.45, 2.75) is 39.4 Å². The molecular weight excluding hydrogens is 166 g/mol. The Morgan fingerprint density at radius 1 is 1.54 bits per heavy atom. The molecule has 3 nitrogen and oxygen atoms in total. The Morgan fingerprint density at radius 3 is 2.23 bits per heavy atom. The molecule has 0 bridgehead atoms. The maximum absolute atomic E-state index is 8.86. The number of aliphatic hydroxyl groups is 1. The molecule has 0 aromatic rings. The van der Waals surface area contributed by atoms with Crippen molar-refractivity contribution < 1.29 is 9.84 Å². The Balaban J connectivity index is 0.000000226. The number of likely N-dealkylation sites (N-methyl/N-ethyl adjacent to an activating group) is 1. The molecule has 1 N–H and O–H groups in total. The third kappa shape index (κ3) is 8.22. The second-order valence-corrected chi connectivity index (χ2v) is 3.71. The van der Waals surface area contributed by atoms with E-state index in [4.69, 9.17) is 9.84 Å². The van der Waals surface area contributed by atoms with Gasteiger partial charge in [0.05, 0.1) is 12.2 Å². The fraction of sp³-hybridized carbons (Fsp3) is 1.00.